The van der Waals surface area contributed by atoms with Crippen LogP contribution in [0, 0.1) is 0 Å². The van der Waals surface area contributed by atoms with Gasteiger partial charge in [0.1, 0.15) is 17.1 Å². The van der Waals surface area contributed by atoms with Crippen molar-refractivity contribution in [2.75, 3.05) is 12.3 Å². The summed E-state index contributed by atoms with van der Waals surface area (Å²) in [5, 5.41) is 29.0. The number of aliphatic hydroxyl groups is 3. The van der Waals surface area contributed by atoms with Crippen LogP contribution in [-0.4, -0.2) is 49.1 Å². The Labute approximate surface area is 112 Å². The first-order valence-corrected chi connectivity index (χ1v) is 6.07. The van der Waals surface area contributed by atoms with Gasteiger partial charge in [-0.3, -0.25) is 9.78 Å². The number of hydrogen-bond acceptors (Lipinski definition) is 6. The molecule has 2 heterocycles. The number of rotatable bonds is 2. The van der Waals surface area contributed by atoms with E-state index >= 15 is 0 Å². The average Bonchev–Trinajstić information content (AvgIpc) is 2.93. The molecule has 3 atom stereocenters. The fourth-order valence-corrected chi connectivity index (χ4v) is 2.57. The first kappa shape index (κ1) is 12.9. The quantitative estimate of drug-likeness (QED) is 0.371. The second-order valence-corrected chi connectivity index (χ2v) is 4.78. The smallest absolute Gasteiger partial charge is 0.276 e. The highest BCUT2D eigenvalue weighted by Gasteiger charge is 2.36. The Balaban J connectivity index is 2.16. The van der Waals surface area contributed by atoms with Gasteiger partial charge in [-0.25, -0.2) is 4.98 Å². The van der Waals surface area contributed by atoms with Crippen molar-refractivity contribution in [1.82, 2.24) is 15.0 Å². The summed E-state index contributed by atoms with van der Waals surface area (Å²) in [6.07, 6.45) is 0.897. The summed E-state index contributed by atoms with van der Waals surface area (Å²) in [6.45, 7) is -0.340. The zero-order valence-electron chi connectivity index (χ0n) is 10.4. The second-order valence-electron chi connectivity index (χ2n) is 4.78. The third-order valence-electron chi connectivity index (χ3n) is 3.59. The summed E-state index contributed by atoms with van der Waals surface area (Å²) in [5.74, 6) is -0.586. The minimum absolute atomic E-state index is 0.0252. The molecule has 0 saturated carbocycles. The van der Waals surface area contributed by atoms with E-state index in [-0.39, 0.29) is 18.1 Å². The molecule has 0 aromatic carbocycles. The lowest BCUT2D eigenvalue weighted by atomic mass is 9.97. The van der Waals surface area contributed by atoms with E-state index < -0.39 is 23.7 Å². The van der Waals surface area contributed by atoms with Crippen LogP contribution in [0.3, 0.4) is 0 Å². The molecule has 2 aromatic heterocycles. The van der Waals surface area contributed by atoms with Gasteiger partial charge in [0.2, 0.25) is 5.95 Å². The van der Waals surface area contributed by atoms with Crippen LogP contribution in [-0.2, 0) is 0 Å². The van der Waals surface area contributed by atoms with Gasteiger partial charge >= 0.3 is 0 Å². The predicted octanol–water partition coefficient (Wildman–Crippen LogP) is -1.43. The summed E-state index contributed by atoms with van der Waals surface area (Å²) in [6, 6.07) is 0. The molecule has 2 aromatic rings. The molecule has 3 rings (SSSR count). The standard InChI is InChI=1S/C12H14N4O4/c13-12-15-7-6(2-14-8(7)11(20)16-12)5-1-4(3-17)9(18)10(5)19/h1-2,5,9-10,14,17-19H,3H2,(H3,13,15,16,20)/t5-,9+,10-/m0/s1. The molecule has 7 N–H and O–H groups in total. The lowest BCUT2D eigenvalue weighted by molar-refractivity contribution is 0.0407. The molecule has 8 nitrogen and oxygen atoms in total. The molecule has 1 aliphatic carbocycles. The van der Waals surface area contributed by atoms with Crippen molar-refractivity contribution in [3.05, 3.63) is 33.8 Å². The van der Waals surface area contributed by atoms with Crippen molar-refractivity contribution in [1.29, 1.82) is 0 Å². The number of aromatic nitrogens is 3. The molecule has 1 aliphatic rings. The highest BCUT2D eigenvalue weighted by atomic mass is 16.3. The number of aliphatic hydroxyl groups excluding tert-OH is 3. The minimum atomic E-state index is -1.13. The van der Waals surface area contributed by atoms with Crippen LogP contribution in [0.5, 0.6) is 0 Å². The summed E-state index contributed by atoms with van der Waals surface area (Å²) in [7, 11) is 0. The Hall–Kier alpha value is -2.16. The van der Waals surface area contributed by atoms with Gasteiger partial charge in [0.15, 0.2) is 0 Å². The molecule has 20 heavy (non-hydrogen) atoms. The number of aromatic amines is 2. The number of nitrogens with two attached hydrogens (primary N) is 1. The van der Waals surface area contributed by atoms with Crippen LogP contribution < -0.4 is 11.3 Å². The molecule has 0 radical (unpaired) electrons. The summed E-state index contributed by atoms with van der Waals surface area (Å²) in [4.78, 5) is 20.9. The van der Waals surface area contributed by atoms with Crippen LogP contribution in [0.2, 0.25) is 0 Å². The molecule has 106 valence electrons. The maximum absolute atomic E-state index is 11.7. The third-order valence-corrected chi connectivity index (χ3v) is 3.59. The second kappa shape index (κ2) is 4.44. The molecule has 0 unspecified atom stereocenters. The SMILES string of the molecule is Nc1nc2c([C@@H]3C=C(CO)[C@@H](O)[C@H]3O)c[nH]c2c(=O)[nH]1. The van der Waals surface area contributed by atoms with E-state index in [1.54, 1.807) is 12.3 Å². The Bertz CT molecular complexity index is 747. The van der Waals surface area contributed by atoms with E-state index in [1.165, 1.54) is 0 Å². The maximum atomic E-state index is 11.7. The first-order valence-electron chi connectivity index (χ1n) is 6.07. The van der Waals surface area contributed by atoms with Gasteiger partial charge in [-0.05, 0) is 5.57 Å². The van der Waals surface area contributed by atoms with E-state index in [4.69, 9.17) is 10.8 Å². The molecular weight excluding hydrogens is 264 g/mol. The number of nitrogens with one attached hydrogen (secondary N) is 2. The van der Waals surface area contributed by atoms with E-state index in [2.05, 4.69) is 15.0 Å². The van der Waals surface area contributed by atoms with E-state index in [0.717, 1.165) is 0 Å². The number of hydrogen-bond donors (Lipinski definition) is 6. The number of anilines is 1. The van der Waals surface area contributed by atoms with Gasteiger partial charge in [-0.15, -0.1) is 0 Å². The van der Waals surface area contributed by atoms with Crippen LogP contribution in [0.25, 0.3) is 11.0 Å². The summed E-state index contributed by atoms with van der Waals surface area (Å²) in [5.41, 5.74) is 6.60. The Morgan fingerprint density at radius 2 is 2.15 bits per heavy atom. The highest BCUT2D eigenvalue weighted by Crippen LogP contribution is 2.35. The normalized spacial score (nSPS) is 26.1. The molecule has 0 saturated heterocycles. The molecule has 0 aliphatic heterocycles. The Morgan fingerprint density at radius 3 is 2.80 bits per heavy atom. The first-order chi connectivity index (χ1) is 9.52. The third kappa shape index (κ3) is 1.73. The summed E-state index contributed by atoms with van der Waals surface area (Å²) >= 11 is 0. The van der Waals surface area contributed by atoms with Crippen molar-refractivity contribution in [3.63, 3.8) is 0 Å². The molecule has 0 fully saturated rings. The van der Waals surface area contributed by atoms with Gasteiger partial charge in [0, 0.05) is 17.7 Å². The van der Waals surface area contributed by atoms with E-state index in [0.29, 0.717) is 16.7 Å². The fourth-order valence-electron chi connectivity index (χ4n) is 2.57. The van der Waals surface area contributed by atoms with Gasteiger partial charge in [0.25, 0.3) is 5.56 Å². The topological polar surface area (TPSA) is 148 Å². The molecular formula is C12H14N4O4. The van der Waals surface area contributed by atoms with E-state index in [1.807, 2.05) is 0 Å². The van der Waals surface area contributed by atoms with Crippen molar-refractivity contribution >= 4 is 17.0 Å². The van der Waals surface area contributed by atoms with Gasteiger partial charge in [0.05, 0.1) is 12.7 Å². The molecule has 8 heteroatoms. The monoisotopic (exact) mass is 278 g/mol. The number of nitrogens with zero attached hydrogens (tertiary/aromatic N) is 1. The van der Waals surface area contributed by atoms with E-state index in [9.17, 15) is 15.0 Å². The van der Waals surface area contributed by atoms with Crippen molar-refractivity contribution < 1.29 is 15.3 Å². The lowest BCUT2D eigenvalue weighted by Gasteiger charge is -2.16. The van der Waals surface area contributed by atoms with Crippen molar-refractivity contribution in [2.45, 2.75) is 18.1 Å². The Kier molecular flexibility index (Phi) is 2.85. The van der Waals surface area contributed by atoms with Crippen molar-refractivity contribution in [2.24, 2.45) is 0 Å². The largest absolute Gasteiger partial charge is 0.392 e. The molecule has 0 amide bonds. The molecule has 0 bridgehead atoms. The van der Waals surface area contributed by atoms with Crippen molar-refractivity contribution in [3.8, 4) is 0 Å². The highest BCUT2D eigenvalue weighted by molar-refractivity contribution is 5.80. The fraction of sp³-hybridized carbons (Fsp3) is 0.333. The lowest BCUT2D eigenvalue weighted by Crippen LogP contribution is -2.27. The number of H-pyrrole nitrogens is 2. The van der Waals surface area contributed by atoms with Gasteiger partial charge < -0.3 is 26.0 Å². The van der Waals surface area contributed by atoms with Gasteiger partial charge in [-0.1, -0.05) is 6.08 Å². The maximum Gasteiger partial charge on any atom is 0.276 e. The zero-order valence-corrected chi connectivity index (χ0v) is 10.4. The Morgan fingerprint density at radius 1 is 1.40 bits per heavy atom. The molecule has 0 spiro atoms. The van der Waals surface area contributed by atoms with Gasteiger partial charge in [-0.2, -0.15) is 0 Å². The predicted molar refractivity (Wildman–Crippen MR) is 71.1 cm³/mol. The van der Waals surface area contributed by atoms with Crippen LogP contribution in [0.15, 0.2) is 22.6 Å². The van der Waals surface area contributed by atoms with Crippen LogP contribution in [0.4, 0.5) is 5.95 Å². The number of fused-ring (bicyclic) bond motifs is 1. The average molecular weight is 278 g/mol. The van der Waals surface area contributed by atoms with Crippen LogP contribution in [0.1, 0.15) is 11.5 Å². The minimum Gasteiger partial charge on any atom is -0.392 e. The zero-order chi connectivity index (χ0) is 14.4. The van der Waals surface area contributed by atoms with Crippen LogP contribution >= 0.6 is 0 Å². The number of nitrogen functional groups attached to an aromatic ring is 1. The summed E-state index contributed by atoms with van der Waals surface area (Å²) < 4.78 is 0.